The summed E-state index contributed by atoms with van der Waals surface area (Å²) in [5.41, 5.74) is 0. The molecular formula is C11H22NY-. The molecular weight excluding hydrogens is 235 g/mol. The molecule has 2 fully saturated rings. The van der Waals surface area contributed by atoms with Crippen LogP contribution in [0.15, 0.2) is 0 Å². The number of rotatable bonds is 1. The number of piperidine rings is 1. The Balaban J connectivity index is 0.000000451. The van der Waals surface area contributed by atoms with Crippen LogP contribution in [0.3, 0.4) is 0 Å². The Morgan fingerprint density at radius 2 is 1.85 bits per heavy atom. The summed E-state index contributed by atoms with van der Waals surface area (Å²) in [6, 6.07) is 0.793. The monoisotopic (exact) mass is 257 g/mol. The van der Waals surface area contributed by atoms with Gasteiger partial charge in [0, 0.05) is 32.7 Å². The third kappa shape index (κ3) is 3.60. The van der Waals surface area contributed by atoms with Crippen LogP contribution in [0.1, 0.15) is 40.5 Å². The van der Waals surface area contributed by atoms with E-state index in [0.717, 1.165) is 30.3 Å². The molecule has 0 bridgehead atoms. The molecule has 0 aromatic rings. The molecule has 0 amide bonds. The van der Waals surface area contributed by atoms with Gasteiger partial charge in [0.05, 0.1) is 0 Å². The molecule has 1 nitrogen and oxygen atoms in total. The Bertz CT molecular complexity index is 136. The van der Waals surface area contributed by atoms with Gasteiger partial charge >= 0.3 is 0 Å². The summed E-state index contributed by atoms with van der Waals surface area (Å²) in [4.78, 5) is 0. The molecule has 0 N–H and O–H groups in total. The molecule has 0 spiro atoms. The number of nitrogens with zero attached hydrogens (tertiary/aromatic N) is 1. The van der Waals surface area contributed by atoms with E-state index >= 15 is 0 Å². The first-order valence-corrected chi connectivity index (χ1v) is 5.45. The van der Waals surface area contributed by atoms with Gasteiger partial charge in [0.1, 0.15) is 0 Å². The van der Waals surface area contributed by atoms with E-state index in [0.29, 0.717) is 0 Å². The van der Waals surface area contributed by atoms with Crippen LogP contribution in [-0.4, -0.2) is 12.6 Å². The molecule has 1 aliphatic heterocycles. The van der Waals surface area contributed by atoms with Gasteiger partial charge in [0.15, 0.2) is 0 Å². The van der Waals surface area contributed by atoms with E-state index in [-0.39, 0.29) is 32.7 Å². The second-order valence-corrected chi connectivity index (χ2v) is 4.07. The largest absolute Gasteiger partial charge is 0.659 e. The van der Waals surface area contributed by atoms with Crippen LogP contribution >= 0.6 is 0 Å². The van der Waals surface area contributed by atoms with Crippen LogP contribution in [0, 0.1) is 17.8 Å². The van der Waals surface area contributed by atoms with Gasteiger partial charge in [-0.25, -0.2) is 0 Å². The van der Waals surface area contributed by atoms with Crippen molar-refractivity contribution in [2.75, 3.05) is 6.54 Å². The first-order valence-electron chi connectivity index (χ1n) is 5.45. The quantitative estimate of drug-likeness (QED) is 0.683. The van der Waals surface area contributed by atoms with E-state index in [2.05, 4.69) is 19.2 Å². The fourth-order valence-corrected chi connectivity index (χ4v) is 2.30. The fourth-order valence-electron chi connectivity index (χ4n) is 2.30. The topological polar surface area (TPSA) is 14.1 Å². The first kappa shape index (κ1) is 14.1. The van der Waals surface area contributed by atoms with Crippen LogP contribution < -0.4 is 0 Å². The van der Waals surface area contributed by atoms with Crippen LogP contribution in [0.2, 0.25) is 0 Å². The van der Waals surface area contributed by atoms with Crippen molar-refractivity contribution in [3.05, 3.63) is 5.32 Å². The van der Waals surface area contributed by atoms with E-state index in [1.54, 1.807) is 0 Å². The van der Waals surface area contributed by atoms with Gasteiger partial charge in [-0.3, -0.25) is 0 Å². The van der Waals surface area contributed by atoms with E-state index in [1.165, 1.54) is 12.8 Å². The molecule has 3 atom stereocenters. The summed E-state index contributed by atoms with van der Waals surface area (Å²) in [5.74, 6) is 2.89. The minimum absolute atomic E-state index is 0. The maximum atomic E-state index is 4.54. The zero-order chi connectivity index (χ0) is 9.14. The zero-order valence-electron chi connectivity index (χ0n) is 9.46. The summed E-state index contributed by atoms with van der Waals surface area (Å²) in [5, 5.41) is 4.54. The molecule has 2 aliphatic rings. The molecule has 3 unspecified atom stereocenters. The van der Waals surface area contributed by atoms with E-state index in [1.807, 2.05) is 13.8 Å². The molecule has 1 saturated carbocycles. The van der Waals surface area contributed by atoms with Crippen LogP contribution in [0.4, 0.5) is 0 Å². The number of hydrogen-bond acceptors (Lipinski definition) is 0. The smallest absolute Gasteiger partial charge is 0 e. The summed E-state index contributed by atoms with van der Waals surface area (Å²) < 4.78 is 0. The normalized spacial score (nSPS) is 35.3. The molecule has 0 aromatic heterocycles. The van der Waals surface area contributed by atoms with Gasteiger partial charge < -0.3 is 5.32 Å². The van der Waals surface area contributed by atoms with Gasteiger partial charge in [-0.1, -0.05) is 46.5 Å². The minimum atomic E-state index is 0. The maximum absolute atomic E-state index is 4.54. The molecule has 1 saturated heterocycles. The average molecular weight is 257 g/mol. The summed E-state index contributed by atoms with van der Waals surface area (Å²) in [6.07, 6.45) is 2.77. The Morgan fingerprint density at radius 3 is 2.31 bits per heavy atom. The molecule has 1 radical (unpaired) electrons. The van der Waals surface area contributed by atoms with Gasteiger partial charge in [0.25, 0.3) is 0 Å². The van der Waals surface area contributed by atoms with Gasteiger partial charge in [-0.15, -0.1) is 12.6 Å². The van der Waals surface area contributed by atoms with Crippen LogP contribution in [0.5, 0.6) is 0 Å². The predicted octanol–water partition coefficient (Wildman–Crippen LogP) is 3.45. The summed E-state index contributed by atoms with van der Waals surface area (Å²) in [6.45, 7) is 9.85. The van der Waals surface area contributed by atoms with Crippen molar-refractivity contribution in [2.45, 2.75) is 46.6 Å². The van der Waals surface area contributed by atoms with Gasteiger partial charge in [-0.05, 0) is 11.8 Å². The van der Waals surface area contributed by atoms with Crippen molar-refractivity contribution in [3.63, 3.8) is 0 Å². The van der Waals surface area contributed by atoms with E-state index in [9.17, 15) is 0 Å². The van der Waals surface area contributed by atoms with Crippen molar-refractivity contribution in [1.82, 2.24) is 0 Å². The van der Waals surface area contributed by atoms with E-state index in [4.69, 9.17) is 0 Å². The molecule has 0 aromatic carbocycles. The predicted molar refractivity (Wildman–Crippen MR) is 54.4 cm³/mol. The van der Waals surface area contributed by atoms with Crippen molar-refractivity contribution < 1.29 is 32.7 Å². The van der Waals surface area contributed by atoms with Crippen LogP contribution in [0.25, 0.3) is 5.32 Å². The van der Waals surface area contributed by atoms with Gasteiger partial charge in [-0.2, -0.15) is 0 Å². The number of fused-ring (bicyclic) bond motifs is 1. The molecule has 1 heterocycles. The second kappa shape index (κ2) is 6.53. The molecule has 13 heavy (non-hydrogen) atoms. The minimum Gasteiger partial charge on any atom is -0.659 e. The van der Waals surface area contributed by atoms with Crippen molar-refractivity contribution >= 4 is 0 Å². The molecule has 2 rings (SSSR count). The van der Waals surface area contributed by atoms with Crippen molar-refractivity contribution in [1.29, 1.82) is 0 Å². The third-order valence-electron chi connectivity index (χ3n) is 3.04. The zero-order valence-corrected chi connectivity index (χ0v) is 12.3. The Labute approximate surface area is 108 Å². The third-order valence-corrected chi connectivity index (χ3v) is 3.04. The van der Waals surface area contributed by atoms with Crippen LogP contribution in [-0.2, 0) is 32.7 Å². The molecule has 75 valence electrons. The Hall–Kier alpha value is 1.06. The molecule has 1 aliphatic carbocycles. The van der Waals surface area contributed by atoms with Gasteiger partial charge in [0.2, 0.25) is 0 Å². The Kier molecular flexibility index (Phi) is 7.06. The standard InChI is InChI=1S/C9H16N.C2H6.Y/c1-6(2)7-3-4-10-9-5-8(7)9;1-2;/h6-9H,3-5H2,1-2H3;1-2H3;/q-1;;. The van der Waals surface area contributed by atoms with Crippen molar-refractivity contribution in [2.24, 2.45) is 17.8 Å². The van der Waals surface area contributed by atoms with E-state index < -0.39 is 0 Å². The molecule has 2 heteroatoms. The second-order valence-electron chi connectivity index (χ2n) is 4.07. The number of hydrogen-bond donors (Lipinski definition) is 0. The average Bonchev–Trinajstić information content (AvgIpc) is 2.85. The first-order chi connectivity index (χ1) is 5.79. The fraction of sp³-hybridized carbons (Fsp3) is 1.00. The van der Waals surface area contributed by atoms with Crippen molar-refractivity contribution in [3.8, 4) is 0 Å². The maximum Gasteiger partial charge on any atom is 0 e. The summed E-state index contributed by atoms with van der Waals surface area (Å²) in [7, 11) is 0. The Morgan fingerprint density at radius 1 is 1.23 bits per heavy atom. The summed E-state index contributed by atoms with van der Waals surface area (Å²) >= 11 is 0. The SMILES string of the molecule is CC.CC(C)C1CC[N-]C2CC21.[Y].